The van der Waals surface area contributed by atoms with Gasteiger partial charge >= 0.3 is 0 Å². The number of rotatable bonds is 6. The molecule has 0 saturated carbocycles. The van der Waals surface area contributed by atoms with E-state index in [1.54, 1.807) is 5.56 Å². The van der Waals surface area contributed by atoms with Crippen LogP contribution >= 0.6 is 11.3 Å². The average molecular weight is 297 g/mol. The molecule has 1 unspecified atom stereocenters. The highest BCUT2D eigenvalue weighted by Crippen LogP contribution is 2.32. The third-order valence-corrected chi connectivity index (χ3v) is 5.30. The third kappa shape index (κ3) is 3.45. The molecular weight excluding hydrogens is 274 g/mol. The molecule has 0 amide bonds. The van der Waals surface area contributed by atoms with Crippen molar-refractivity contribution in [3.63, 3.8) is 0 Å². The van der Waals surface area contributed by atoms with Crippen molar-refractivity contribution in [2.24, 2.45) is 0 Å². The smallest absolute Gasteiger partial charge is 0.00799 e. The maximum atomic E-state index is 2.32. The predicted octanol–water partition coefficient (Wildman–Crippen LogP) is 4.60. The Morgan fingerprint density at radius 2 is 2.10 bits per heavy atom. The van der Waals surface area contributed by atoms with Crippen LogP contribution in [0.5, 0.6) is 0 Å². The van der Waals surface area contributed by atoms with E-state index in [1.165, 1.54) is 28.8 Å². The number of benzene rings is 1. The summed E-state index contributed by atoms with van der Waals surface area (Å²) in [5.41, 5.74) is 4.50. The van der Waals surface area contributed by atoms with Gasteiger partial charge in [0.1, 0.15) is 0 Å². The van der Waals surface area contributed by atoms with E-state index in [-0.39, 0.29) is 0 Å². The van der Waals surface area contributed by atoms with Crippen LogP contribution in [-0.2, 0) is 12.8 Å². The monoisotopic (exact) mass is 297 g/mol. The molecule has 0 fully saturated rings. The first-order valence-electron chi connectivity index (χ1n) is 7.69. The number of hydrogen-bond donors (Lipinski definition) is 0. The first-order chi connectivity index (χ1) is 10.2. The van der Waals surface area contributed by atoms with Crippen LogP contribution < -0.4 is 0 Å². The van der Waals surface area contributed by atoms with E-state index in [1.807, 2.05) is 11.3 Å². The molecule has 0 N–H and O–H groups in total. The highest BCUT2D eigenvalue weighted by Gasteiger charge is 2.17. The van der Waals surface area contributed by atoms with Crippen LogP contribution in [0.2, 0.25) is 0 Å². The molecule has 1 atom stereocenters. The van der Waals surface area contributed by atoms with Crippen molar-refractivity contribution in [1.29, 1.82) is 0 Å². The summed E-state index contributed by atoms with van der Waals surface area (Å²) in [6.07, 6.45) is 8.05. The molecule has 3 rings (SSSR count). The van der Waals surface area contributed by atoms with Crippen LogP contribution in [0.15, 0.2) is 41.8 Å². The van der Waals surface area contributed by atoms with Gasteiger partial charge < -0.3 is 4.90 Å². The Morgan fingerprint density at radius 1 is 1.19 bits per heavy atom. The number of allylic oxidation sites excluding steroid dienone is 1. The lowest BCUT2D eigenvalue weighted by Gasteiger charge is -2.20. The van der Waals surface area contributed by atoms with Crippen LogP contribution in [0.25, 0.3) is 6.08 Å². The molecule has 21 heavy (non-hydrogen) atoms. The zero-order valence-electron chi connectivity index (χ0n) is 12.9. The van der Waals surface area contributed by atoms with E-state index in [0.717, 1.165) is 13.0 Å². The highest BCUT2D eigenvalue weighted by molar-refractivity contribution is 7.10. The zero-order valence-corrected chi connectivity index (χ0v) is 13.7. The number of fused-ring (bicyclic) bond motifs is 1. The lowest BCUT2D eigenvalue weighted by atomic mass is 9.90. The van der Waals surface area contributed by atoms with E-state index in [0.29, 0.717) is 5.92 Å². The van der Waals surface area contributed by atoms with Crippen molar-refractivity contribution in [2.75, 3.05) is 20.6 Å². The van der Waals surface area contributed by atoms with Gasteiger partial charge in [-0.25, -0.2) is 0 Å². The van der Waals surface area contributed by atoms with Gasteiger partial charge in [0, 0.05) is 4.88 Å². The van der Waals surface area contributed by atoms with E-state index in [4.69, 9.17) is 0 Å². The van der Waals surface area contributed by atoms with Crippen molar-refractivity contribution < 1.29 is 0 Å². The predicted molar refractivity (Wildman–Crippen MR) is 93.1 cm³/mol. The number of thiophene rings is 1. The van der Waals surface area contributed by atoms with Gasteiger partial charge in [0.25, 0.3) is 0 Å². The second-order valence-corrected chi connectivity index (χ2v) is 7.08. The Bertz CT molecular complexity index is 611. The molecule has 2 heteroatoms. The number of nitrogens with zero attached hydrogens (tertiary/aromatic N) is 1. The van der Waals surface area contributed by atoms with Crippen molar-refractivity contribution in [2.45, 2.75) is 25.2 Å². The van der Waals surface area contributed by atoms with E-state index < -0.39 is 0 Å². The molecule has 1 aliphatic rings. The first-order valence-corrected chi connectivity index (χ1v) is 8.57. The molecule has 110 valence electrons. The van der Waals surface area contributed by atoms with Gasteiger partial charge in [-0.05, 0) is 74.0 Å². The molecule has 0 bridgehead atoms. The van der Waals surface area contributed by atoms with Gasteiger partial charge in [-0.1, -0.05) is 36.4 Å². The molecular formula is C19H23NS. The molecule has 1 aliphatic carbocycles. The van der Waals surface area contributed by atoms with Crippen molar-refractivity contribution in [3.8, 4) is 0 Å². The van der Waals surface area contributed by atoms with Crippen molar-refractivity contribution in [3.05, 3.63) is 63.4 Å². The maximum Gasteiger partial charge on any atom is 0.00799 e. The van der Waals surface area contributed by atoms with Crippen LogP contribution in [0.4, 0.5) is 0 Å². The molecule has 1 nitrogen and oxygen atoms in total. The topological polar surface area (TPSA) is 3.24 Å². The summed E-state index contributed by atoms with van der Waals surface area (Å²) < 4.78 is 0. The van der Waals surface area contributed by atoms with Gasteiger partial charge in [-0.2, -0.15) is 0 Å². The number of hydrogen-bond acceptors (Lipinski definition) is 2. The van der Waals surface area contributed by atoms with Crippen LogP contribution in [0.1, 0.15) is 33.9 Å². The Kier molecular flexibility index (Phi) is 4.57. The summed E-state index contributed by atoms with van der Waals surface area (Å²) in [6, 6.07) is 11.2. The SMILES string of the molecule is CN(C)CCC(Cc1cccc2c1CC=C2)c1cccs1. The summed E-state index contributed by atoms with van der Waals surface area (Å²) in [6.45, 7) is 1.15. The Labute approximate surface area is 131 Å². The molecule has 0 saturated heterocycles. The van der Waals surface area contributed by atoms with E-state index in [9.17, 15) is 0 Å². The van der Waals surface area contributed by atoms with Gasteiger partial charge in [-0.15, -0.1) is 11.3 Å². The third-order valence-electron chi connectivity index (χ3n) is 4.27. The normalized spacial score (nSPS) is 14.6. The minimum atomic E-state index is 0.638. The highest BCUT2D eigenvalue weighted by atomic mass is 32.1. The minimum Gasteiger partial charge on any atom is -0.309 e. The average Bonchev–Trinajstić information content (AvgIpc) is 3.13. The second-order valence-electron chi connectivity index (χ2n) is 6.10. The van der Waals surface area contributed by atoms with Gasteiger partial charge in [-0.3, -0.25) is 0 Å². The van der Waals surface area contributed by atoms with E-state index in [2.05, 4.69) is 66.9 Å². The fourth-order valence-corrected chi connectivity index (χ4v) is 3.97. The fraction of sp³-hybridized carbons (Fsp3) is 0.368. The summed E-state index contributed by atoms with van der Waals surface area (Å²) in [7, 11) is 4.32. The standard InChI is InChI=1S/C19H23NS/c1-20(2)12-11-17(19-10-5-13-21-19)14-16-8-3-6-15-7-4-9-18(15)16/h3-8,10,13,17H,9,11-12,14H2,1-2H3. The van der Waals surface area contributed by atoms with Crippen LogP contribution in [-0.4, -0.2) is 25.5 Å². The second kappa shape index (κ2) is 6.59. The summed E-state index contributed by atoms with van der Waals surface area (Å²) >= 11 is 1.90. The maximum absolute atomic E-state index is 2.32. The summed E-state index contributed by atoms with van der Waals surface area (Å²) in [5, 5.41) is 2.20. The van der Waals surface area contributed by atoms with Crippen LogP contribution in [0.3, 0.4) is 0 Å². The van der Waals surface area contributed by atoms with Gasteiger partial charge in [0.15, 0.2) is 0 Å². The largest absolute Gasteiger partial charge is 0.309 e. The zero-order chi connectivity index (χ0) is 14.7. The van der Waals surface area contributed by atoms with Gasteiger partial charge in [0.2, 0.25) is 0 Å². The lowest BCUT2D eigenvalue weighted by molar-refractivity contribution is 0.381. The fourth-order valence-electron chi connectivity index (χ4n) is 3.10. The Balaban J connectivity index is 1.80. The van der Waals surface area contributed by atoms with Crippen molar-refractivity contribution >= 4 is 17.4 Å². The summed E-state index contributed by atoms with van der Waals surface area (Å²) in [5.74, 6) is 0.638. The van der Waals surface area contributed by atoms with Crippen LogP contribution in [0, 0.1) is 0 Å². The molecule has 0 radical (unpaired) electrons. The Hall–Kier alpha value is -1.38. The molecule has 1 heterocycles. The summed E-state index contributed by atoms with van der Waals surface area (Å²) in [4.78, 5) is 3.82. The Morgan fingerprint density at radius 3 is 2.86 bits per heavy atom. The molecule has 2 aromatic rings. The quantitative estimate of drug-likeness (QED) is 0.753. The molecule has 1 aromatic carbocycles. The van der Waals surface area contributed by atoms with Crippen molar-refractivity contribution in [1.82, 2.24) is 4.90 Å². The lowest BCUT2D eigenvalue weighted by Crippen LogP contribution is -2.17. The van der Waals surface area contributed by atoms with E-state index >= 15 is 0 Å². The van der Waals surface area contributed by atoms with Gasteiger partial charge in [0.05, 0.1) is 0 Å². The molecule has 1 aromatic heterocycles. The first kappa shape index (κ1) is 14.6. The molecule has 0 spiro atoms. The minimum absolute atomic E-state index is 0.638. The molecule has 0 aliphatic heterocycles.